The highest BCUT2D eigenvalue weighted by Gasteiger charge is 2.12. The van der Waals surface area contributed by atoms with Crippen LogP contribution in [0.15, 0.2) is 18.2 Å². The van der Waals surface area contributed by atoms with Crippen molar-refractivity contribution in [1.29, 1.82) is 0 Å². The van der Waals surface area contributed by atoms with Crippen molar-refractivity contribution in [3.8, 4) is 11.8 Å². The van der Waals surface area contributed by atoms with Crippen LogP contribution >= 0.6 is 11.6 Å². The molecule has 0 amide bonds. The third-order valence-corrected chi connectivity index (χ3v) is 3.14. The lowest BCUT2D eigenvalue weighted by Crippen LogP contribution is -2.24. The fraction of sp³-hybridized carbons (Fsp3) is 0.357. The fourth-order valence-corrected chi connectivity index (χ4v) is 1.91. The smallest absolute Gasteiger partial charge is 0.328 e. The summed E-state index contributed by atoms with van der Waals surface area (Å²) in [6, 6.07) is 4.59. The van der Waals surface area contributed by atoms with Crippen molar-refractivity contribution in [3.63, 3.8) is 0 Å². The quantitative estimate of drug-likeness (QED) is 0.844. The van der Waals surface area contributed by atoms with Gasteiger partial charge in [0.15, 0.2) is 0 Å². The maximum Gasteiger partial charge on any atom is 0.328 e. The Morgan fingerprint density at radius 3 is 2.52 bits per heavy atom. The molecule has 1 heterocycles. The minimum atomic E-state index is -0.350. The number of halogens is 2. The summed E-state index contributed by atoms with van der Waals surface area (Å²) in [5.74, 6) is 0.394. The van der Waals surface area contributed by atoms with Gasteiger partial charge in [-0.2, -0.15) is 15.0 Å². The number of nitrogens with zero attached hydrogens (tertiary/aromatic N) is 4. The van der Waals surface area contributed by atoms with Crippen LogP contribution in [0, 0.1) is 12.7 Å². The zero-order valence-electron chi connectivity index (χ0n) is 12.1. The lowest BCUT2D eigenvalue weighted by Gasteiger charge is -2.18. The van der Waals surface area contributed by atoms with Gasteiger partial charge in [-0.05, 0) is 44.0 Å². The molecule has 5 nitrogen and oxygen atoms in total. The van der Waals surface area contributed by atoms with E-state index in [-0.39, 0.29) is 17.1 Å². The highest BCUT2D eigenvalue weighted by Crippen LogP contribution is 2.23. The number of anilines is 1. The standard InChI is InChI=1S/C14H16ClFN4O/c1-4-20(5-2)13-17-12(15)18-14(19-13)21-10-7-6-9(3)11(16)8-10/h6-8H,4-5H2,1-3H3. The first kappa shape index (κ1) is 15.4. The van der Waals surface area contributed by atoms with E-state index in [1.807, 2.05) is 18.7 Å². The van der Waals surface area contributed by atoms with Crippen molar-refractivity contribution < 1.29 is 9.13 Å². The SMILES string of the molecule is CCN(CC)c1nc(Cl)nc(Oc2ccc(C)c(F)c2)n1. The largest absolute Gasteiger partial charge is 0.424 e. The van der Waals surface area contributed by atoms with E-state index in [1.54, 1.807) is 19.1 Å². The van der Waals surface area contributed by atoms with Crippen LogP contribution in [0.3, 0.4) is 0 Å². The molecule has 7 heteroatoms. The van der Waals surface area contributed by atoms with Crippen molar-refractivity contribution in [3.05, 3.63) is 34.9 Å². The lowest BCUT2D eigenvalue weighted by molar-refractivity contribution is 0.435. The lowest BCUT2D eigenvalue weighted by atomic mass is 10.2. The first-order valence-electron chi connectivity index (χ1n) is 6.64. The van der Waals surface area contributed by atoms with Crippen molar-refractivity contribution in [2.45, 2.75) is 20.8 Å². The minimum absolute atomic E-state index is 0.0366. The summed E-state index contributed by atoms with van der Waals surface area (Å²) in [6.07, 6.45) is 0. The first-order valence-corrected chi connectivity index (χ1v) is 7.01. The highest BCUT2D eigenvalue weighted by molar-refractivity contribution is 6.28. The van der Waals surface area contributed by atoms with E-state index in [0.717, 1.165) is 13.1 Å². The van der Waals surface area contributed by atoms with Crippen LogP contribution in [-0.2, 0) is 0 Å². The summed E-state index contributed by atoms with van der Waals surface area (Å²) in [7, 11) is 0. The summed E-state index contributed by atoms with van der Waals surface area (Å²) >= 11 is 5.89. The van der Waals surface area contributed by atoms with Gasteiger partial charge in [0.2, 0.25) is 11.2 Å². The van der Waals surface area contributed by atoms with E-state index >= 15 is 0 Å². The van der Waals surface area contributed by atoms with Crippen LogP contribution in [0.1, 0.15) is 19.4 Å². The number of aromatic nitrogens is 3. The van der Waals surface area contributed by atoms with Gasteiger partial charge in [0.1, 0.15) is 11.6 Å². The Bertz CT molecular complexity index is 634. The molecule has 21 heavy (non-hydrogen) atoms. The molecule has 2 aromatic rings. The molecule has 0 bridgehead atoms. The van der Waals surface area contributed by atoms with Gasteiger partial charge in [-0.1, -0.05) is 6.07 Å². The second-order valence-corrected chi connectivity index (χ2v) is 4.71. The Labute approximate surface area is 127 Å². The monoisotopic (exact) mass is 310 g/mol. The Morgan fingerprint density at radius 1 is 1.19 bits per heavy atom. The average molecular weight is 311 g/mol. The maximum atomic E-state index is 13.5. The maximum absolute atomic E-state index is 13.5. The molecule has 0 unspecified atom stereocenters. The molecule has 0 saturated carbocycles. The van der Waals surface area contributed by atoms with E-state index < -0.39 is 0 Å². The Hall–Kier alpha value is -1.95. The Kier molecular flexibility index (Phi) is 4.90. The summed E-state index contributed by atoms with van der Waals surface area (Å²) in [4.78, 5) is 14.1. The minimum Gasteiger partial charge on any atom is -0.424 e. The Morgan fingerprint density at radius 2 is 1.90 bits per heavy atom. The Balaban J connectivity index is 2.29. The van der Waals surface area contributed by atoms with Gasteiger partial charge in [-0.25, -0.2) is 4.39 Å². The third-order valence-electron chi connectivity index (χ3n) is 2.97. The summed E-state index contributed by atoms with van der Waals surface area (Å²) in [5, 5.41) is 0.0366. The van der Waals surface area contributed by atoms with Gasteiger partial charge in [-0.3, -0.25) is 0 Å². The number of ether oxygens (including phenoxy) is 1. The molecule has 0 aliphatic heterocycles. The molecule has 1 aromatic carbocycles. The van der Waals surface area contributed by atoms with Crippen LogP contribution < -0.4 is 9.64 Å². The van der Waals surface area contributed by atoms with E-state index in [1.165, 1.54) is 6.07 Å². The van der Waals surface area contributed by atoms with Gasteiger partial charge >= 0.3 is 6.01 Å². The zero-order valence-corrected chi connectivity index (χ0v) is 12.9. The molecule has 0 atom stereocenters. The van der Waals surface area contributed by atoms with Gasteiger partial charge in [0.05, 0.1) is 0 Å². The number of aryl methyl sites for hydroxylation is 1. The number of hydrogen-bond acceptors (Lipinski definition) is 5. The molecule has 2 rings (SSSR count). The molecule has 0 fully saturated rings. The van der Waals surface area contributed by atoms with Crippen LogP contribution in [0.25, 0.3) is 0 Å². The van der Waals surface area contributed by atoms with Gasteiger partial charge in [0.25, 0.3) is 0 Å². The van der Waals surface area contributed by atoms with Crippen molar-refractivity contribution >= 4 is 17.5 Å². The average Bonchev–Trinajstić information content (AvgIpc) is 2.44. The molecule has 0 spiro atoms. The number of benzene rings is 1. The second kappa shape index (κ2) is 6.67. The van der Waals surface area contributed by atoms with Crippen LogP contribution in [-0.4, -0.2) is 28.0 Å². The summed E-state index contributed by atoms with van der Waals surface area (Å²) in [5.41, 5.74) is 0.542. The first-order chi connectivity index (χ1) is 10.0. The molecular formula is C14H16ClFN4O. The van der Waals surface area contributed by atoms with Crippen molar-refractivity contribution in [1.82, 2.24) is 15.0 Å². The van der Waals surface area contributed by atoms with Crippen LogP contribution in [0.5, 0.6) is 11.8 Å². The molecule has 1 aromatic heterocycles. The predicted octanol–water partition coefficient (Wildman–Crippen LogP) is 3.61. The summed E-state index contributed by atoms with van der Waals surface area (Å²) < 4.78 is 19.0. The molecule has 0 saturated heterocycles. The predicted molar refractivity (Wildman–Crippen MR) is 79.6 cm³/mol. The molecular weight excluding hydrogens is 295 g/mol. The third kappa shape index (κ3) is 3.78. The van der Waals surface area contributed by atoms with E-state index in [4.69, 9.17) is 16.3 Å². The van der Waals surface area contributed by atoms with Gasteiger partial charge < -0.3 is 9.64 Å². The zero-order chi connectivity index (χ0) is 15.4. The summed E-state index contributed by atoms with van der Waals surface area (Å²) in [6.45, 7) is 7.11. The van der Waals surface area contributed by atoms with Gasteiger partial charge in [-0.15, -0.1) is 0 Å². The van der Waals surface area contributed by atoms with E-state index in [0.29, 0.717) is 17.3 Å². The van der Waals surface area contributed by atoms with Crippen LogP contribution in [0.4, 0.5) is 10.3 Å². The van der Waals surface area contributed by atoms with Crippen molar-refractivity contribution in [2.24, 2.45) is 0 Å². The van der Waals surface area contributed by atoms with Crippen molar-refractivity contribution in [2.75, 3.05) is 18.0 Å². The van der Waals surface area contributed by atoms with E-state index in [2.05, 4.69) is 15.0 Å². The van der Waals surface area contributed by atoms with Gasteiger partial charge in [0, 0.05) is 19.2 Å². The number of hydrogen-bond donors (Lipinski definition) is 0. The highest BCUT2D eigenvalue weighted by atomic mass is 35.5. The molecule has 0 aliphatic carbocycles. The number of rotatable bonds is 5. The van der Waals surface area contributed by atoms with E-state index in [9.17, 15) is 4.39 Å². The second-order valence-electron chi connectivity index (χ2n) is 4.37. The molecule has 0 radical (unpaired) electrons. The molecule has 0 aliphatic rings. The normalized spacial score (nSPS) is 10.5. The van der Waals surface area contributed by atoms with Crippen LogP contribution in [0.2, 0.25) is 5.28 Å². The topological polar surface area (TPSA) is 51.1 Å². The fourth-order valence-electron chi connectivity index (χ4n) is 1.76. The molecule has 0 N–H and O–H groups in total. The molecule has 112 valence electrons.